The van der Waals surface area contributed by atoms with Gasteiger partial charge >= 0.3 is 5.97 Å². The van der Waals surface area contributed by atoms with Crippen LogP contribution in [0.4, 0.5) is 0 Å². The molecule has 3 amide bonds. The zero-order valence-electron chi connectivity index (χ0n) is 28.3. The molecule has 2 heterocycles. The third-order valence-corrected chi connectivity index (χ3v) is 8.77. The lowest BCUT2D eigenvalue weighted by Gasteiger charge is -2.36. The van der Waals surface area contributed by atoms with E-state index in [-0.39, 0.29) is 23.1 Å². The van der Waals surface area contributed by atoms with Gasteiger partial charge < -0.3 is 35.4 Å². The SMILES string of the molecule is C[N+](C)(C)C(Cc1ccc(O)cc1)C(=O)N[C@@H]1C(=O)N[C@@H](Cc2ccccc2)C(=O)N[C@H](C(=O)O)Cc2ccc(cc2)O[C@@H]1c1ccccc1. The summed E-state index contributed by atoms with van der Waals surface area (Å²) in [7, 11) is 5.64. The maximum Gasteiger partial charge on any atom is 0.326 e. The molecule has 50 heavy (non-hydrogen) atoms. The molecule has 4 aromatic carbocycles. The van der Waals surface area contributed by atoms with Gasteiger partial charge in [-0.2, -0.15) is 0 Å². The number of phenolic OH excluding ortho intramolecular Hbond substituents is 1. The van der Waals surface area contributed by atoms with E-state index < -0.39 is 54.0 Å². The molecule has 2 bridgehead atoms. The van der Waals surface area contributed by atoms with E-state index in [1.54, 1.807) is 72.8 Å². The quantitative estimate of drug-likeness (QED) is 0.170. The van der Waals surface area contributed by atoms with Crippen LogP contribution in [0, 0.1) is 0 Å². The molecule has 0 spiro atoms. The van der Waals surface area contributed by atoms with Crippen LogP contribution < -0.4 is 20.7 Å². The number of aliphatic carboxylic acids is 1. The zero-order valence-corrected chi connectivity index (χ0v) is 28.3. The molecular weight excluding hydrogens is 636 g/mol. The molecule has 0 aromatic heterocycles. The first kappa shape index (κ1) is 35.6. The maximum absolute atomic E-state index is 14.6. The van der Waals surface area contributed by atoms with E-state index in [0.717, 1.165) is 11.1 Å². The number of carboxylic acids is 1. The Balaban J connectivity index is 1.58. The molecule has 0 saturated heterocycles. The summed E-state index contributed by atoms with van der Waals surface area (Å²) in [4.78, 5) is 55.0. The molecule has 260 valence electrons. The molecule has 1 unspecified atom stereocenters. The van der Waals surface area contributed by atoms with Crippen molar-refractivity contribution >= 4 is 23.7 Å². The fourth-order valence-electron chi connectivity index (χ4n) is 5.95. The molecule has 11 heteroatoms. The summed E-state index contributed by atoms with van der Waals surface area (Å²) in [5.41, 5.74) is 2.83. The predicted molar refractivity (Wildman–Crippen MR) is 187 cm³/mol. The summed E-state index contributed by atoms with van der Waals surface area (Å²) in [5.74, 6) is -2.51. The third kappa shape index (κ3) is 9.26. The van der Waals surface area contributed by atoms with E-state index in [1.165, 1.54) is 0 Å². The van der Waals surface area contributed by atoms with Crippen molar-refractivity contribution in [2.24, 2.45) is 0 Å². The number of benzene rings is 4. The number of aromatic hydroxyl groups is 1. The number of nitrogens with zero attached hydrogens (tertiary/aromatic N) is 1. The Morgan fingerprint density at radius 2 is 1.44 bits per heavy atom. The number of quaternary nitrogens is 1. The molecule has 0 saturated carbocycles. The number of amides is 3. The van der Waals surface area contributed by atoms with Crippen LogP contribution >= 0.6 is 0 Å². The average molecular weight is 680 g/mol. The standard InChI is InChI=1S/C39H42N4O7/c1-43(2,3)33(24-27-14-18-29(44)19-15-27)37(46)42-34-35(28-12-8-5-9-13-28)50-30-20-16-26(17-21-30)23-32(39(48)49)41-36(45)31(40-38(34)47)22-25-10-6-4-7-11-25/h4-21,31-35H,22-24H2,1-3H3,(H4-,40,41,42,44,45,46,47,48,49)/p+1/t31-,32-,33?,34-,35+/m0/s1. The van der Waals surface area contributed by atoms with Crippen molar-refractivity contribution in [3.05, 3.63) is 131 Å². The lowest BCUT2D eigenvalue weighted by Crippen LogP contribution is -2.62. The van der Waals surface area contributed by atoms with Crippen LogP contribution in [0.2, 0.25) is 0 Å². The van der Waals surface area contributed by atoms with Crippen LogP contribution in [0.5, 0.6) is 11.5 Å². The molecule has 0 aliphatic carbocycles. The van der Waals surface area contributed by atoms with Gasteiger partial charge in [0.1, 0.15) is 29.6 Å². The van der Waals surface area contributed by atoms with Crippen molar-refractivity contribution in [1.29, 1.82) is 0 Å². The van der Waals surface area contributed by atoms with Crippen molar-refractivity contribution in [3.63, 3.8) is 0 Å². The van der Waals surface area contributed by atoms with Crippen LogP contribution in [0.3, 0.4) is 0 Å². The molecule has 5 atom stereocenters. The van der Waals surface area contributed by atoms with Crippen molar-refractivity contribution in [2.45, 2.75) is 49.5 Å². The van der Waals surface area contributed by atoms with Gasteiger partial charge in [0.05, 0.1) is 21.1 Å². The number of hydrogen-bond acceptors (Lipinski definition) is 6. The molecule has 5 N–H and O–H groups in total. The lowest BCUT2D eigenvalue weighted by atomic mass is 9.97. The Bertz CT molecular complexity index is 1780. The number of nitrogens with one attached hydrogen (secondary N) is 3. The number of hydrogen-bond donors (Lipinski definition) is 5. The summed E-state index contributed by atoms with van der Waals surface area (Å²) in [6.45, 7) is 0. The molecular formula is C39H43N4O7+. The van der Waals surface area contributed by atoms with Crippen molar-refractivity contribution in [2.75, 3.05) is 21.1 Å². The minimum absolute atomic E-state index is 0.0155. The van der Waals surface area contributed by atoms with Crippen molar-refractivity contribution in [1.82, 2.24) is 16.0 Å². The molecule has 0 radical (unpaired) electrons. The second-order valence-corrected chi connectivity index (χ2v) is 13.4. The first-order valence-electron chi connectivity index (χ1n) is 16.4. The van der Waals surface area contributed by atoms with Gasteiger partial charge in [-0.1, -0.05) is 84.9 Å². The number of phenols is 1. The van der Waals surface area contributed by atoms with Crippen LogP contribution in [0.1, 0.15) is 28.4 Å². The monoisotopic (exact) mass is 679 g/mol. The average Bonchev–Trinajstić information content (AvgIpc) is 3.09. The Morgan fingerprint density at radius 3 is 2.04 bits per heavy atom. The van der Waals surface area contributed by atoms with Gasteiger partial charge in [0.2, 0.25) is 11.8 Å². The highest BCUT2D eigenvalue weighted by Gasteiger charge is 2.40. The van der Waals surface area contributed by atoms with Crippen LogP contribution in [-0.2, 0) is 38.4 Å². The third-order valence-electron chi connectivity index (χ3n) is 8.77. The second kappa shape index (κ2) is 15.7. The topological polar surface area (TPSA) is 154 Å². The minimum Gasteiger partial charge on any atom is -0.508 e. The fourth-order valence-corrected chi connectivity index (χ4v) is 5.95. The minimum atomic E-state index is -1.33. The van der Waals surface area contributed by atoms with E-state index in [2.05, 4.69) is 16.0 Å². The van der Waals surface area contributed by atoms with E-state index in [1.807, 2.05) is 57.5 Å². The summed E-state index contributed by atoms with van der Waals surface area (Å²) in [6, 6.07) is 27.1. The first-order chi connectivity index (χ1) is 23.9. The zero-order chi connectivity index (χ0) is 35.8. The summed E-state index contributed by atoms with van der Waals surface area (Å²) >= 11 is 0. The predicted octanol–water partition coefficient (Wildman–Crippen LogP) is 3.17. The number of carbonyl (C=O) groups is 4. The number of ether oxygens (including phenoxy) is 1. The summed E-state index contributed by atoms with van der Waals surface area (Å²) in [6.07, 6.45) is -0.638. The van der Waals surface area contributed by atoms with E-state index in [0.29, 0.717) is 23.3 Å². The van der Waals surface area contributed by atoms with Gasteiger partial charge in [-0.25, -0.2) is 4.79 Å². The number of rotatable bonds is 9. The van der Waals surface area contributed by atoms with Crippen LogP contribution in [0.15, 0.2) is 109 Å². The van der Waals surface area contributed by atoms with Gasteiger partial charge in [0, 0.05) is 19.3 Å². The molecule has 2 aliphatic heterocycles. The normalized spacial score (nSPS) is 20.4. The highest BCUT2D eigenvalue weighted by molar-refractivity contribution is 5.94. The van der Waals surface area contributed by atoms with Gasteiger partial charge in [-0.15, -0.1) is 0 Å². The van der Waals surface area contributed by atoms with Crippen LogP contribution in [0.25, 0.3) is 0 Å². The molecule has 11 nitrogen and oxygen atoms in total. The maximum atomic E-state index is 14.6. The van der Waals surface area contributed by atoms with Gasteiger partial charge in [0.15, 0.2) is 12.1 Å². The number of carboxylic acid groups (broad SMARTS) is 1. The van der Waals surface area contributed by atoms with Crippen LogP contribution in [-0.4, -0.2) is 83.7 Å². The number of carbonyl (C=O) groups excluding carboxylic acids is 3. The molecule has 0 fully saturated rings. The van der Waals surface area contributed by atoms with Gasteiger partial charge in [-0.05, 0) is 46.5 Å². The lowest BCUT2D eigenvalue weighted by molar-refractivity contribution is -0.886. The largest absolute Gasteiger partial charge is 0.508 e. The molecule has 2 aliphatic rings. The Kier molecular flexibility index (Phi) is 11.2. The van der Waals surface area contributed by atoms with Gasteiger partial charge in [-0.3, -0.25) is 14.4 Å². The fraction of sp³-hybridized carbons (Fsp3) is 0.282. The smallest absolute Gasteiger partial charge is 0.326 e. The van der Waals surface area contributed by atoms with E-state index in [4.69, 9.17) is 4.74 Å². The van der Waals surface area contributed by atoms with Crippen molar-refractivity contribution < 1.29 is 38.6 Å². The molecule has 4 aromatic rings. The first-order valence-corrected chi connectivity index (χ1v) is 16.4. The van der Waals surface area contributed by atoms with E-state index in [9.17, 15) is 29.4 Å². The number of fused-ring (bicyclic) bond motifs is 11. The summed E-state index contributed by atoms with van der Waals surface area (Å²) in [5, 5.41) is 28.3. The second-order valence-electron chi connectivity index (χ2n) is 13.4. The Labute approximate surface area is 291 Å². The summed E-state index contributed by atoms with van der Waals surface area (Å²) < 4.78 is 6.73. The molecule has 6 rings (SSSR count). The van der Waals surface area contributed by atoms with Gasteiger partial charge in [0.25, 0.3) is 5.91 Å². The Morgan fingerprint density at radius 1 is 0.820 bits per heavy atom. The van der Waals surface area contributed by atoms with Crippen molar-refractivity contribution in [3.8, 4) is 11.5 Å². The van der Waals surface area contributed by atoms with E-state index >= 15 is 0 Å². The Hall–Kier alpha value is -5.68. The highest BCUT2D eigenvalue weighted by atomic mass is 16.5. The highest BCUT2D eigenvalue weighted by Crippen LogP contribution is 2.27. The number of likely N-dealkylation sites (N-methyl/N-ethyl adjacent to an activating group) is 1.